The van der Waals surface area contributed by atoms with E-state index in [4.69, 9.17) is 5.73 Å². The molecule has 0 aliphatic heterocycles. The van der Waals surface area contributed by atoms with Crippen LogP contribution in [0.2, 0.25) is 0 Å². The first kappa shape index (κ1) is 17.4. The maximum absolute atomic E-state index is 12.2. The van der Waals surface area contributed by atoms with Crippen LogP contribution in [0, 0.1) is 5.92 Å². The SMILES string of the molecule is CC(C)CC(C)(CN)NC(=O)c1cccc(OC(F)F)c1. The molecule has 0 saturated carbocycles. The lowest BCUT2D eigenvalue weighted by atomic mass is 9.90. The van der Waals surface area contributed by atoms with Gasteiger partial charge in [-0.15, -0.1) is 0 Å². The van der Waals surface area contributed by atoms with E-state index in [2.05, 4.69) is 10.1 Å². The highest BCUT2D eigenvalue weighted by Gasteiger charge is 2.26. The number of halogens is 2. The van der Waals surface area contributed by atoms with Crippen LogP contribution >= 0.6 is 0 Å². The zero-order valence-electron chi connectivity index (χ0n) is 12.5. The predicted molar refractivity (Wildman–Crippen MR) is 77.5 cm³/mol. The van der Waals surface area contributed by atoms with Gasteiger partial charge < -0.3 is 15.8 Å². The Morgan fingerprint density at radius 3 is 2.62 bits per heavy atom. The molecular weight excluding hydrogens is 278 g/mol. The average molecular weight is 300 g/mol. The van der Waals surface area contributed by atoms with Crippen LogP contribution in [-0.2, 0) is 0 Å². The molecule has 1 amide bonds. The Labute approximate surface area is 123 Å². The number of ether oxygens (including phenoxy) is 1. The first-order valence-electron chi connectivity index (χ1n) is 6.83. The van der Waals surface area contributed by atoms with Gasteiger partial charge in [0.15, 0.2) is 0 Å². The summed E-state index contributed by atoms with van der Waals surface area (Å²) in [5, 5.41) is 2.86. The van der Waals surface area contributed by atoms with Gasteiger partial charge in [-0.2, -0.15) is 8.78 Å². The van der Waals surface area contributed by atoms with Gasteiger partial charge in [-0.05, 0) is 37.5 Å². The Balaban J connectivity index is 2.83. The van der Waals surface area contributed by atoms with E-state index in [9.17, 15) is 13.6 Å². The quantitative estimate of drug-likeness (QED) is 0.814. The number of alkyl halides is 2. The number of rotatable bonds is 7. The van der Waals surface area contributed by atoms with Gasteiger partial charge in [0.25, 0.3) is 5.91 Å². The number of benzene rings is 1. The highest BCUT2D eigenvalue weighted by molar-refractivity contribution is 5.95. The minimum atomic E-state index is -2.92. The highest BCUT2D eigenvalue weighted by Crippen LogP contribution is 2.19. The maximum Gasteiger partial charge on any atom is 0.387 e. The maximum atomic E-state index is 12.2. The second-order valence-corrected chi connectivity index (χ2v) is 5.72. The van der Waals surface area contributed by atoms with E-state index in [1.54, 1.807) is 6.07 Å². The topological polar surface area (TPSA) is 64.3 Å². The molecule has 0 bridgehead atoms. The van der Waals surface area contributed by atoms with Crippen molar-refractivity contribution in [2.24, 2.45) is 11.7 Å². The lowest BCUT2D eigenvalue weighted by molar-refractivity contribution is -0.0498. The second-order valence-electron chi connectivity index (χ2n) is 5.72. The molecule has 0 aromatic heterocycles. The van der Waals surface area contributed by atoms with Crippen LogP contribution in [-0.4, -0.2) is 24.6 Å². The molecule has 1 aromatic rings. The molecule has 0 fully saturated rings. The molecule has 0 spiro atoms. The lowest BCUT2D eigenvalue weighted by Crippen LogP contribution is -2.52. The number of hydrogen-bond donors (Lipinski definition) is 2. The van der Waals surface area contributed by atoms with Crippen molar-refractivity contribution >= 4 is 5.91 Å². The van der Waals surface area contributed by atoms with E-state index < -0.39 is 12.2 Å². The Kier molecular flexibility index (Phi) is 6.08. The molecule has 0 aliphatic rings. The van der Waals surface area contributed by atoms with Crippen LogP contribution in [0.15, 0.2) is 24.3 Å². The molecule has 0 heterocycles. The summed E-state index contributed by atoms with van der Waals surface area (Å²) < 4.78 is 28.7. The summed E-state index contributed by atoms with van der Waals surface area (Å²) in [7, 11) is 0. The third-order valence-electron chi connectivity index (χ3n) is 3.05. The summed E-state index contributed by atoms with van der Waals surface area (Å²) >= 11 is 0. The van der Waals surface area contributed by atoms with Crippen molar-refractivity contribution in [2.75, 3.05) is 6.54 Å². The highest BCUT2D eigenvalue weighted by atomic mass is 19.3. The van der Waals surface area contributed by atoms with E-state index in [0.29, 0.717) is 12.5 Å². The Hall–Kier alpha value is -1.69. The minimum Gasteiger partial charge on any atom is -0.435 e. The fraction of sp³-hybridized carbons (Fsp3) is 0.533. The summed E-state index contributed by atoms with van der Waals surface area (Å²) in [6, 6.07) is 5.70. The van der Waals surface area contributed by atoms with Gasteiger partial charge in [-0.1, -0.05) is 19.9 Å². The predicted octanol–water partition coefficient (Wildman–Crippen LogP) is 2.78. The molecule has 3 N–H and O–H groups in total. The van der Waals surface area contributed by atoms with E-state index in [1.165, 1.54) is 18.2 Å². The van der Waals surface area contributed by atoms with Crippen molar-refractivity contribution in [2.45, 2.75) is 39.3 Å². The van der Waals surface area contributed by atoms with E-state index in [-0.39, 0.29) is 17.2 Å². The van der Waals surface area contributed by atoms with Crippen LogP contribution in [0.25, 0.3) is 0 Å². The summed E-state index contributed by atoms with van der Waals surface area (Å²) in [5.74, 6) is -0.0355. The summed E-state index contributed by atoms with van der Waals surface area (Å²) in [5.41, 5.74) is 5.46. The largest absolute Gasteiger partial charge is 0.435 e. The van der Waals surface area contributed by atoms with Crippen molar-refractivity contribution < 1.29 is 18.3 Å². The third-order valence-corrected chi connectivity index (χ3v) is 3.05. The van der Waals surface area contributed by atoms with Gasteiger partial charge in [-0.25, -0.2) is 0 Å². The fourth-order valence-corrected chi connectivity index (χ4v) is 2.25. The minimum absolute atomic E-state index is 0.0454. The summed E-state index contributed by atoms with van der Waals surface area (Å²) in [6.45, 7) is 3.32. The first-order valence-corrected chi connectivity index (χ1v) is 6.83. The normalized spacial score (nSPS) is 14.1. The Bertz CT molecular complexity index is 480. The molecule has 1 rings (SSSR count). The van der Waals surface area contributed by atoms with Crippen molar-refractivity contribution in [3.8, 4) is 5.75 Å². The summed E-state index contributed by atoms with van der Waals surface area (Å²) in [6.07, 6.45) is 0.725. The van der Waals surface area contributed by atoms with Gasteiger partial charge in [-0.3, -0.25) is 4.79 Å². The molecular formula is C15H22F2N2O2. The lowest BCUT2D eigenvalue weighted by Gasteiger charge is -2.31. The smallest absolute Gasteiger partial charge is 0.387 e. The van der Waals surface area contributed by atoms with Gasteiger partial charge in [0.05, 0.1) is 0 Å². The van der Waals surface area contributed by atoms with Crippen LogP contribution in [0.1, 0.15) is 37.6 Å². The number of carbonyl (C=O) groups excluding carboxylic acids is 1. The molecule has 21 heavy (non-hydrogen) atoms. The van der Waals surface area contributed by atoms with Gasteiger partial charge in [0, 0.05) is 17.6 Å². The zero-order chi connectivity index (χ0) is 16.0. The third kappa shape index (κ3) is 5.67. The zero-order valence-corrected chi connectivity index (χ0v) is 12.5. The van der Waals surface area contributed by atoms with E-state index in [1.807, 2.05) is 20.8 Å². The van der Waals surface area contributed by atoms with Crippen LogP contribution in [0.5, 0.6) is 5.75 Å². The number of nitrogens with one attached hydrogen (secondary N) is 1. The standard InChI is InChI=1S/C15H22F2N2O2/c1-10(2)8-15(3,9-18)19-13(20)11-5-4-6-12(7-11)21-14(16)17/h4-7,10,14H,8-9,18H2,1-3H3,(H,19,20). The number of amides is 1. The molecule has 0 radical (unpaired) electrons. The average Bonchev–Trinajstić information content (AvgIpc) is 2.37. The first-order chi connectivity index (χ1) is 9.75. The fourth-order valence-electron chi connectivity index (χ4n) is 2.25. The number of hydrogen-bond acceptors (Lipinski definition) is 3. The molecule has 1 aromatic carbocycles. The van der Waals surface area contributed by atoms with Crippen molar-refractivity contribution in [1.29, 1.82) is 0 Å². The van der Waals surface area contributed by atoms with E-state index in [0.717, 1.165) is 6.42 Å². The number of carbonyl (C=O) groups is 1. The summed E-state index contributed by atoms with van der Waals surface area (Å²) in [4.78, 5) is 12.2. The molecule has 1 atom stereocenters. The van der Waals surface area contributed by atoms with Crippen LogP contribution in [0.3, 0.4) is 0 Å². The molecule has 0 saturated heterocycles. The molecule has 1 unspecified atom stereocenters. The Morgan fingerprint density at radius 1 is 1.43 bits per heavy atom. The van der Waals surface area contributed by atoms with Crippen molar-refractivity contribution in [3.05, 3.63) is 29.8 Å². The molecule has 4 nitrogen and oxygen atoms in total. The monoisotopic (exact) mass is 300 g/mol. The van der Waals surface area contributed by atoms with Gasteiger partial charge in [0.1, 0.15) is 5.75 Å². The van der Waals surface area contributed by atoms with E-state index >= 15 is 0 Å². The van der Waals surface area contributed by atoms with Crippen LogP contribution in [0.4, 0.5) is 8.78 Å². The Morgan fingerprint density at radius 2 is 2.10 bits per heavy atom. The van der Waals surface area contributed by atoms with Crippen LogP contribution < -0.4 is 15.8 Å². The van der Waals surface area contributed by atoms with Crippen molar-refractivity contribution in [1.82, 2.24) is 5.32 Å². The van der Waals surface area contributed by atoms with Crippen molar-refractivity contribution in [3.63, 3.8) is 0 Å². The van der Waals surface area contributed by atoms with Gasteiger partial charge >= 0.3 is 6.61 Å². The molecule has 6 heteroatoms. The molecule has 0 aliphatic carbocycles. The second kappa shape index (κ2) is 7.36. The van der Waals surface area contributed by atoms with Gasteiger partial charge in [0.2, 0.25) is 0 Å². The molecule has 118 valence electrons. The number of nitrogens with two attached hydrogens (primary N) is 1.